The fraction of sp³-hybridized carbons (Fsp3) is 0.536. The van der Waals surface area contributed by atoms with Crippen molar-refractivity contribution in [3.8, 4) is 0 Å². The van der Waals surface area contributed by atoms with Gasteiger partial charge in [-0.1, -0.05) is 25.0 Å². The van der Waals surface area contributed by atoms with Crippen molar-refractivity contribution in [3.05, 3.63) is 71.1 Å². The molecule has 0 bridgehead atoms. The molecule has 0 radical (unpaired) electrons. The maximum atomic E-state index is 14.1. The largest absolute Gasteiger partial charge is 0.418 e. The Morgan fingerprint density at radius 2 is 1.84 bits per heavy atom. The zero-order valence-corrected chi connectivity index (χ0v) is 21.5. The molecule has 9 heteroatoms. The average Bonchev–Trinajstić information content (AvgIpc) is 3.29. The minimum absolute atomic E-state index is 0.00523. The van der Waals surface area contributed by atoms with Crippen LogP contribution in [0.5, 0.6) is 0 Å². The van der Waals surface area contributed by atoms with Gasteiger partial charge in [-0.25, -0.2) is 0 Å². The van der Waals surface area contributed by atoms with Crippen LogP contribution >= 0.6 is 0 Å². The molecule has 1 N–H and O–H groups in total. The smallest absolute Gasteiger partial charge is 0.379 e. The van der Waals surface area contributed by atoms with Crippen molar-refractivity contribution in [2.24, 2.45) is 13.0 Å². The number of aryl methyl sites for hydroxylation is 1. The molecule has 37 heavy (non-hydrogen) atoms. The number of hydrogen-bond acceptors (Lipinski definition) is 5. The SMILES string of the molecule is CC(c1cnc(CNc2cccc([C@H](c3nncn3C)C3CCC3)c2)c(C(F)(F)F)c1)N1CCCCC1. The van der Waals surface area contributed by atoms with Crippen LogP contribution in [-0.4, -0.2) is 37.7 Å². The molecule has 1 aromatic carbocycles. The Morgan fingerprint density at radius 3 is 2.49 bits per heavy atom. The van der Waals surface area contributed by atoms with Crippen LogP contribution in [0.25, 0.3) is 0 Å². The van der Waals surface area contributed by atoms with Gasteiger partial charge >= 0.3 is 6.18 Å². The maximum absolute atomic E-state index is 14.1. The predicted octanol–water partition coefficient (Wildman–Crippen LogP) is 6.32. The summed E-state index contributed by atoms with van der Waals surface area (Å²) in [5.74, 6) is 1.52. The molecule has 0 amide bonds. The van der Waals surface area contributed by atoms with Gasteiger partial charge in [0.15, 0.2) is 0 Å². The number of aromatic nitrogens is 4. The Hall–Kier alpha value is -2.94. The van der Waals surface area contributed by atoms with Gasteiger partial charge in [-0.05, 0) is 80.9 Å². The summed E-state index contributed by atoms with van der Waals surface area (Å²) in [6.45, 7) is 3.80. The Labute approximate surface area is 216 Å². The second kappa shape index (κ2) is 10.8. The number of rotatable bonds is 8. The Balaban J connectivity index is 1.36. The monoisotopic (exact) mass is 512 g/mol. The zero-order chi connectivity index (χ0) is 26.0. The third-order valence-corrected chi connectivity index (χ3v) is 8.07. The van der Waals surface area contributed by atoms with E-state index in [1.165, 1.54) is 18.9 Å². The lowest BCUT2D eigenvalue weighted by Gasteiger charge is -2.33. The first-order chi connectivity index (χ1) is 17.8. The van der Waals surface area contributed by atoms with E-state index in [0.29, 0.717) is 11.5 Å². The van der Waals surface area contributed by atoms with E-state index in [1.807, 2.05) is 36.7 Å². The molecule has 3 heterocycles. The van der Waals surface area contributed by atoms with Crippen LogP contribution in [0.1, 0.15) is 85.6 Å². The highest BCUT2D eigenvalue weighted by atomic mass is 19.4. The van der Waals surface area contributed by atoms with Crippen LogP contribution in [0.3, 0.4) is 0 Å². The number of alkyl halides is 3. The molecule has 3 aromatic rings. The first-order valence-corrected chi connectivity index (χ1v) is 13.3. The molecule has 2 atom stereocenters. The van der Waals surface area contributed by atoms with E-state index in [-0.39, 0.29) is 24.2 Å². The van der Waals surface area contributed by atoms with E-state index >= 15 is 0 Å². The van der Waals surface area contributed by atoms with Gasteiger partial charge in [0.2, 0.25) is 0 Å². The molecule has 2 fully saturated rings. The summed E-state index contributed by atoms with van der Waals surface area (Å²) >= 11 is 0. The van der Waals surface area contributed by atoms with Gasteiger partial charge in [-0.3, -0.25) is 9.88 Å². The molecule has 1 aliphatic heterocycles. The Kier molecular flexibility index (Phi) is 7.51. The number of benzene rings is 1. The summed E-state index contributed by atoms with van der Waals surface area (Å²) in [5.41, 5.74) is 1.83. The van der Waals surface area contributed by atoms with E-state index < -0.39 is 11.7 Å². The predicted molar refractivity (Wildman–Crippen MR) is 137 cm³/mol. The molecule has 1 saturated carbocycles. The lowest BCUT2D eigenvalue weighted by atomic mass is 9.72. The molecule has 1 saturated heterocycles. The summed E-state index contributed by atoms with van der Waals surface area (Å²) in [5, 5.41) is 11.6. The third kappa shape index (κ3) is 5.66. The van der Waals surface area contributed by atoms with Gasteiger partial charge in [0.1, 0.15) is 12.2 Å². The van der Waals surface area contributed by atoms with Crippen LogP contribution in [0.15, 0.2) is 42.9 Å². The number of nitrogens with one attached hydrogen (secondary N) is 1. The van der Waals surface area contributed by atoms with Gasteiger partial charge in [0.25, 0.3) is 0 Å². The summed E-state index contributed by atoms with van der Waals surface area (Å²) in [7, 11) is 1.95. The molecule has 1 aliphatic carbocycles. The second-order valence-corrected chi connectivity index (χ2v) is 10.5. The molecule has 1 unspecified atom stereocenters. The Bertz CT molecular complexity index is 1200. The number of piperidine rings is 1. The van der Waals surface area contributed by atoms with E-state index in [4.69, 9.17) is 0 Å². The lowest BCUT2D eigenvalue weighted by molar-refractivity contribution is -0.138. The molecule has 2 aliphatic rings. The highest BCUT2D eigenvalue weighted by Crippen LogP contribution is 2.43. The van der Waals surface area contributed by atoms with Crippen molar-refractivity contribution in [2.75, 3.05) is 18.4 Å². The molecule has 0 spiro atoms. The highest BCUT2D eigenvalue weighted by molar-refractivity contribution is 5.48. The molecule has 5 rings (SSSR count). The van der Waals surface area contributed by atoms with Gasteiger partial charge < -0.3 is 9.88 Å². The number of halogens is 3. The van der Waals surface area contributed by atoms with Crippen LogP contribution in [0.2, 0.25) is 0 Å². The van der Waals surface area contributed by atoms with Gasteiger partial charge in [0.05, 0.1) is 17.8 Å². The molecule has 198 valence electrons. The van der Waals surface area contributed by atoms with E-state index in [2.05, 4.69) is 31.5 Å². The van der Waals surface area contributed by atoms with Crippen molar-refractivity contribution in [1.29, 1.82) is 0 Å². The van der Waals surface area contributed by atoms with Crippen LogP contribution in [-0.2, 0) is 19.8 Å². The second-order valence-electron chi connectivity index (χ2n) is 10.5. The summed E-state index contributed by atoms with van der Waals surface area (Å²) in [4.78, 5) is 6.56. The number of pyridine rings is 1. The highest BCUT2D eigenvalue weighted by Gasteiger charge is 2.36. The summed E-state index contributed by atoms with van der Waals surface area (Å²) < 4.78 is 44.1. The standard InChI is InChI=1S/C28H35F3N6/c1-19(37-12-4-3-5-13-37)22-15-24(28(29,30)31)25(33-16-22)17-32-23-11-7-10-21(14-23)26(20-8-6-9-20)27-35-34-18-36(27)2/h7,10-11,14-16,18-20,26,32H,3-6,8-9,12-13,17H2,1-2H3/t19?,26-/m1/s1. The van der Waals surface area contributed by atoms with Crippen LogP contribution < -0.4 is 5.32 Å². The van der Waals surface area contributed by atoms with Gasteiger partial charge in [-0.15, -0.1) is 10.2 Å². The lowest BCUT2D eigenvalue weighted by Crippen LogP contribution is -2.32. The maximum Gasteiger partial charge on any atom is 0.418 e. The topological polar surface area (TPSA) is 58.9 Å². The molecular formula is C28H35F3N6. The van der Waals surface area contributed by atoms with E-state index in [9.17, 15) is 13.2 Å². The fourth-order valence-corrected chi connectivity index (χ4v) is 5.65. The van der Waals surface area contributed by atoms with Crippen molar-refractivity contribution >= 4 is 5.69 Å². The molecule has 2 aromatic heterocycles. The van der Waals surface area contributed by atoms with Crippen LogP contribution in [0.4, 0.5) is 18.9 Å². The number of likely N-dealkylation sites (tertiary alicyclic amines) is 1. The number of anilines is 1. The number of nitrogens with zero attached hydrogens (tertiary/aromatic N) is 5. The molecular weight excluding hydrogens is 477 g/mol. The molecule has 6 nitrogen and oxygen atoms in total. The van der Waals surface area contributed by atoms with Gasteiger partial charge in [-0.2, -0.15) is 13.2 Å². The average molecular weight is 513 g/mol. The third-order valence-electron chi connectivity index (χ3n) is 8.07. The van der Waals surface area contributed by atoms with E-state index in [0.717, 1.165) is 55.8 Å². The zero-order valence-electron chi connectivity index (χ0n) is 21.5. The number of hydrogen-bond donors (Lipinski definition) is 1. The van der Waals surface area contributed by atoms with Gasteiger partial charge in [0, 0.05) is 30.9 Å². The van der Waals surface area contributed by atoms with Crippen LogP contribution in [0, 0.1) is 5.92 Å². The first-order valence-electron chi connectivity index (χ1n) is 13.3. The first kappa shape index (κ1) is 25.7. The fourth-order valence-electron chi connectivity index (χ4n) is 5.65. The Morgan fingerprint density at radius 1 is 1.05 bits per heavy atom. The van der Waals surface area contributed by atoms with Crippen molar-refractivity contribution in [3.63, 3.8) is 0 Å². The minimum atomic E-state index is -4.47. The minimum Gasteiger partial charge on any atom is -0.379 e. The van der Waals surface area contributed by atoms with E-state index in [1.54, 1.807) is 12.5 Å². The quantitative estimate of drug-likeness (QED) is 0.383. The van der Waals surface area contributed by atoms with Crippen molar-refractivity contribution in [2.45, 2.75) is 70.1 Å². The van der Waals surface area contributed by atoms with Crippen molar-refractivity contribution < 1.29 is 13.2 Å². The summed E-state index contributed by atoms with van der Waals surface area (Å²) in [6.07, 6.45) is 5.69. The normalized spacial score (nSPS) is 18.8. The van der Waals surface area contributed by atoms with Crippen molar-refractivity contribution in [1.82, 2.24) is 24.6 Å². The summed E-state index contributed by atoms with van der Waals surface area (Å²) in [6, 6.07) is 9.13.